The van der Waals surface area contributed by atoms with E-state index in [9.17, 15) is 13.2 Å². The number of nitrogens with one attached hydrogen (secondary N) is 1. The summed E-state index contributed by atoms with van der Waals surface area (Å²) in [6, 6.07) is -0.0367. The van der Waals surface area contributed by atoms with Crippen LogP contribution in [0.25, 0.3) is 0 Å². The smallest absolute Gasteiger partial charge is 0.387 e. The normalized spacial score (nSPS) is 28.1. The van der Waals surface area contributed by atoms with Gasteiger partial charge in [-0.05, 0) is 13.3 Å². The summed E-state index contributed by atoms with van der Waals surface area (Å²) in [5, 5.41) is 7.10. The van der Waals surface area contributed by atoms with Crippen molar-refractivity contribution in [3.05, 3.63) is 0 Å². The Hall–Kier alpha value is -0.820. The molecule has 7 heteroatoms. The maximum Gasteiger partial charge on any atom is 0.399 e. The van der Waals surface area contributed by atoms with Gasteiger partial charge in [0.1, 0.15) is 11.8 Å². The van der Waals surface area contributed by atoms with Gasteiger partial charge in [0.25, 0.3) is 0 Å². The molecule has 0 aromatic heterocycles. The second kappa shape index (κ2) is 5.88. The van der Waals surface area contributed by atoms with Gasteiger partial charge in [-0.15, -0.1) is 0 Å². The SMILES string of the molecule is CCC1COC(C)CN1CC(C(=N)N)C(F)(F)F. The molecule has 106 valence electrons. The molecule has 0 aromatic rings. The van der Waals surface area contributed by atoms with Gasteiger partial charge >= 0.3 is 6.18 Å². The van der Waals surface area contributed by atoms with Crippen LogP contribution in [-0.4, -0.2) is 48.8 Å². The topological polar surface area (TPSA) is 62.3 Å². The molecule has 18 heavy (non-hydrogen) atoms. The number of hydrogen-bond donors (Lipinski definition) is 2. The molecule has 4 nitrogen and oxygen atoms in total. The predicted molar refractivity (Wildman–Crippen MR) is 62.5 cm³/mol. The summed E-state index contributed by atoms with van der Waals surface area (Å²) < 4.78 is 43.8. The fourth-order valence-corrected chi connectivity index (χ4v) is 2.13. The van der Waals surface area contributed by atoms with Crippen molar-refractivity contribution in [2.24, 2.45) is 11.7 Å². The highest BCUT2D eigenvalue weighted by Gasteiger charge is 2.44. The molecule has 3 atom stereocenters. The highest BCUT2D eigenvalue weighted by atomic mass is 19.4. The molecule has 1 heterocycles. The zero-order valence-corrected chi connectivity index (χ0v) is 10.6. The van der Waals surface area contributed by atoms with Crippen molar-refractivity contribution in [3.8, 4) is 0 Å². The first-order chi connectivity index (χ1) is 8.25. The van der Waals surface area contributed by atoms with E-state index >= 15 is 0 Å². The van der Waals surface area contributed by atoms with E-state index in [2.05, 4.69) is 0 Å². The van der Waals surface area contributed by atoms with E-state index in [4.69, 9.17) is 15.9 Å². The monoisotopic (exact) mass is 267 g/mol. The van der Waals surface area contributed by atoms with E-state index in [1.807, 2.05) is 13.8 Å². The third kappa shape index (κ3) is 3.84. The summed E-state index contributed by atoms with van der Waals surface area (Å²) in [6.45, 7) is 4.35. The average Bonchev–Trinajstić information content (AvgIpc) is 2.24. The average molecular weight is 267 g/mol. The number of nitrogens with zero attached hydrogens (tertiary/aromatic N) is 1. The summed E-state index contributed by atoms with van der Waals surface area (Å²) in [4.78, 5) is 1.73. The summed E-state index contributed by atoms with van der Waals surface area (Å²) in [5.41, 5.74) is 5.07. The second-order valence-corrected chi connectivity index (χ2v) is 4.71. The third-order valence-corrected chi connectivity index (χ3v) is 3.24. The molecule has 1 saturated heterocycles. The summed E-state index contributed by atoms with van der Waals surface area (Å²) >= 11 is 0. The van der Waals surface area contributed by atoms with E-state index in [1.54, 1.807) is 4.90 Å². The lowest BCUT2D eigenvalue weighted by Gasteiger charge is -2.40. The lowest BCUT2D eigenvalue weighted by atomic mass is 10.0. The van der Waals surface area contributed by atoms with Crippen molar-refractivity contribution < 1.29 is 17.9 Å². The van der Waals surface area contributed by atoms with Crippen LogP contribution in [-0.2, 0) is 4.74 Å². The number of hydrogen-bond acceptors (Lipinski definition) is 3. The van der Waals surface area contributed by atoms with Crippen LogP contribution in [0.1, 0.15) is 20.3 Å². The first kappa shape index (κ1) is 15.2. The summed E-state index contributed by atoms with van der Waals surface area (Å²) in [7, 11) is 0. The molecule has 1 rings (SSSR count). The van der Waals surface area contributed by atoms with Crippen LogP contribution in [0.2, 0.25) is 0 Å². The molecule has 1 aliphatic heterocycles. The number of nitrogens with two attached hydrogens (primary N) is 1. The standard InChI is InChI=1S/C11H20F3N3O/c1-3-8-6-18-7(2)4-17(8)5-9(10(15)16)11(12,13)14/h7-9H,3-6H2,1-2H3,(H3,15,16). The quantitative estimate of drug-likeness (QED) is 0.601. The van der Waals surface area contributed by atoms with Gasteiger partial charge in [-0.25, -0.2) is 0 Å². The number of morpholine rings is 1. The molecular weight excluding hydrogens is 247 g/mol. The molecule has 1 aliphatic rings. The van der Waals surface area contributed by atoms with Crippen molar-refractivity contribution in [3.63, 3.8) is 0 Å². The van der Waals surface area contributed by atoms with Crippen LogP contribution in [0.15, 0.2) is 0 Å². The first-order valence-electron chi connectivity index (χ1n) is 6.02. The molecule has 0 spiro atoms. The fraction of sp³-hybridized carbons (Fsp3) is 0.909. The number of amidine groups is 1. The van der Waals surface area contributed by atoms with Crippen LogP contribution in [0.4, 0.5) is 13.2 Å². The molecule has 0 radical (unpaired) electrons. The fourth-order valence-electron chi connectivity index (χ4n) is 2.13. The van der Waals surface area contributed by atoms with Crippen LogP contribution in [0.3, 0.4) is 0 Å². The molecule has 0 amide bonds. The highest BCUT2D eigenvalue weighted by Crippen LogP contribution is 2.28. The lowest BCUT2D eigenvalue weighted by Crippen LogP contribution is -2.53. The third-order valence-electron chi connectivity index (χ3n) is 3.24. The van der Waals surface area contributed by atoms with E-state index in [0.29, 0.717) is 13.2 Å². The van der Waals surface area contributed by atoms with Gasteiger partial charge < -0.3 is 10.5 Å². The van der Waals surface area contributed by atoms with Crippen LogP contribution in [0.5, 0.6) is 0 Å². The molecule has 3 unspecified atom stereocenters. The molecule has 3 N–H and O–H groups in total. The Bertz CT molecular complexity index is 296. The van der Waals surface area contributed by atoms with Crippen LogP contribution in [0, 0.1) is 11.3 Å². The number of ether oxygens (including phenoxy) is 1. The zero-order chi connectivity index (χ0) is 13.9. The van der Waals surface area contributed by atoms with Gasteiger partial charge in [-0.2, -0.15) is 13.2 Å². The second-order valence-electron chi connectivity index (χ2n) is 4.71. The first-order valence-corrected chi connectivity index (χ1v) is 6.02. The van der Waals surface area contributed by atoms with Gasteiger partial charge in [0, 0.05) is 19.1 Å². The number of halogens is 3. The molecule has 1 fully saturated rings. The Labute approximate surface area is 105 Å². The molecule has 0 aliphatic carbocycles. The predicted octanol–water partition coefficient (Wildman–Crippen LogP) is 1.60. The van der Waals surface area contributed by atoms with E-state index in [-0.39, 0.29) is 18.7 Å². The van der Waals surface area contributed by atoms with Gasteiger partial charge in [-0.1, -0.05) is 6.92 Å². The highest BCUT2D eigenvalue weighted by molar-refractivity contribution is 5.80. The van der Waals surface area contributed by atoms with Crippen molar-refractivity contribution in [2.45, 2.75) is 38.6 Å². The minimum Gasteiger partial charge on any atom is -0.387 e. The minimum absolute atomic E-state index is 0.0367. The molecule has 0 aromatic carbocycles. The molecule has 0 bridgehead atoms. The Balaban J connectivity index is 2.74. The van der Waals surface area contributed by atoms with Gasteiger partial charge in [-0.3, -0.25) is 10.3 Å². The van der Waals surface area contributed by atoms with E-state index in [1.165, 1.54) is 0 Å². The van der Waals surface area contributed by atoms with Gasteiger partial charge in [0.2, 0.25) is 0 Å². The summed E-state index contributed by atoms with van der Waals surface area (Å²) in [6.07, 6.45) is -3.84. The Kier molecular flexibility index (Phi) is 4.98. The zero-order valence-electron chi connectivity index (χ0n) is 10.6. The largest absolute Gasteiger partial charge is 0.399 e. The van der Waals surface area contributed by atoms with Crippen LogP contribution < -0.4 is 5.73 Å². The van der Waals surface area contributed by atoms with Crippen molar-refractivity contribution in [2.75, 3.05) is 19.7 Å². The Morgan fingerprint density at radius 1 is 1.56 bits per heavy atom. The Morgan fingerprint density at radius 2 is 2.17 bits per heavy atom. The molecular formula is C11H20F3N3O. The van der Waals surface area contributed by atoms with Crippen molar-refractivity contribution in [1.82, 2.24) is 4.90 Å². The van der Waals surface area contributed by atoms with E-state index in [0.717, 1.165) is 6.42 Å². The maximum atomic E-state index is 12.8. The number of rotatable bonds is 4. The van der Waals surface area contributed by atoms with Crippen molar-refractivity contribution >= 4 is 5.84 Å². The lowest BCUT2D eigenvalue weighted by molar-refractivity contribution is -0.167. The summed E-state index contributed by atoms with van der Waals surface area (Å²) in [5.74, 6) is -2.71. The molecule has 0 saturated carbocycles. The van der Waals surface area contributed by atoms with Crippen LogP contribution >= 0.6 is 0 Å². The number of alkyl halides is 3. The Morgan fingerprint density at radius 3 is 2.61 bits per heavy atom. The minimum atomic E-state index is -4.47. The van der Waals surface area contributed by atoms with Crippen molar-refractivity contribution in [1.29, 1.82) is 5.41 Å². The maximum absolute atomic E-state index is 12.8. The van der Waals surface area contributed by atoms with Gasteiger partial charge in [0.15, 0.2) is 0 Å². The van der Waals surface area contributed by atoms with Gasteiger partial charge in [0.05, 0.1) is 12.7 Å². The van der Waals surface area contributed by atoms with E-state index < -0.39 is 17.9 Å².